The van der Waals surface area contributed by atoms with E-state index in [9.17, 15) is 0 Å². The van der Waals surface area contributed by atoms with E-state index in [4.69, 9.17) is 15.4 Å². The van der Waals surface area contributed by atoms with Crippen LogP contribution in [0.1, 0.15) is 27.2 Å². The van der Waals surface area contributed by atoms with Crippen LogP contribution >= 0.6 is 0 Å². The SMILES string of the molecule is CC(C)(C)[Si](OCCC(N)=NO)(c1ccccc1)c1ccccc1. The molecule has 2 aromatic carbocycles. The van der Waals surface area contributed by atoms with Gasteiger partial charge in [0, 0.05) is 13.0 Å². The Kier molecular flexibility index (Phi) is 5.80. The maximum absolute atomic E-state index is 8.78. The van der Waals surface area contributed by atoms with Gasteiger partial charge in [0.25, 0.3) is 8.32 Å². The second-order valence-electron chi connectivity index (χ2n) is 6.85. The van der Waals surface area contributed by atoms with Gasteiger partial charge in [-0.3, -0.25) is 0 Å². The Labute approximate surface area is 145 Å². The molecular weight excluding hydrogens is 316 g/mol. The zero-order valence-corrected chi connectivity index (χ0v) is 15.6. The Hall–Kier alpha value is -2.11. The van der Waals surface area contributed by atoms with Crippen LogP contribution in [0.3, 0.4) is 0 Å². The smallest absolute Gasteiger partial charge is 0.261 e. The zero-order valence-electron chi connectivity index (χ0n) is 14.6. The Bertz CT molecular complexity index is 627. The van der Waals surface area contributed by atoms with Crippen LogP contribution in [0, 0.1) is 0 Å². The van der Waals surface area contributed by atoms with Crippen LogP contribution in [0.5, 0.6) is 0 Å². The fraction of sp³-hybridized carbons (Fsp3) is 0.316. The first-order valence-electron chi connectivity index (χ1n) is 8.13. The summed E-state index contributed by atoms with van der Waals surface area (Å²) < 4.78 is 6.61. The van der Waals surface area contributed by atoms with E-state index < -0.39 is 8.32 Å². The number of amidine groups is 1. The molecule has 128 valence electrons. The van der Waals surface area contributed by atoms with E-state index in [0.717, 1.165) is 0 Å². The predicted octanol–water partition coefficient (Wildman–Crippen LogP) is 2.70. The molecule has 0 spiro atoms. The number of rotatable bonds is 6. The summed E-state index contributed by atoms with van der Waals surface area (Å²) in [5.41, 5.74) is 5.62. The summed E-state index contributed by atoms with van der Waals surface area (Å²) in [4.78, 5) is 0. The molecule has 0 heterocycles. The van der Waals surface area contributed by atoms with Gasteiger partial charge in [-0.25, -0.2) is 0 Å². The molecule has 2 rings (SSSR count). The van der Waals surface area contributed by atoms with Gasteiger partial charge in [-0.05, 0) is 15.4 Å². The number of hydrogen-bond donors (Lipinski definition) is 2. The van der Waals surface area contributed by atoms with Crippen LogP contribution in [-0.2, 0) is 4.43 Å². The van der Waals surface area contributed by atoms with Gasteiger partial charge in [0.05, 0.1) is 0 Å². The second-order valence-corrected chi connectivity index (χ2v) is 11.2. The number of benzene rings is 2. The molecule has 0 fully saturated rings. The average Bonchev–Trinajstić information content (AvgIpc) is 2.59. The summed E-state index contributed by atoms with van der Waals surface area (Å²) in [6.45, 7) is 7.09. The molecule has 0 atom stereocenters. The van der Waals surface area contributed by atoms with Gasteiger partial charge in [0.15, 0.2) is 0 Å². The largest absolute Gasteiger partial charge is 0.409 e. The molecule has 0 aliphatic carbocycles. The predicted molar refractivity (Wildman–Crippen MR) is 102 cm³/mol. The monoisotopic (exact) mass is 342 g/mol. The van der Waals surface area contributed by atoms with Crippen molar-refractivity contribution in [2.45, 2.75) is 32.2 Å². The minimum atomic E-state index is -2.52. The summed E-state index contributed by atoms with van der Waals surface area (Å²) in [5, 5.41) is 14.2. The van der Waals surface area contributed by atoms with Gasteiger partial charge in [0.1, 0.15) is 5.84 Å². The van der Waals surface area contributed by atoms with E-state index >= 15 is 0 Å². The Morgan fingerprint density at radius 1 is 1.00 bits per heavy atom. The lowest BCUT2D eigenvalue weighted by Gasteiger charge is -2.43. The van der Waals surface area contributed by atoms with Crippen molar-refractivity contribution in [3.63, 3.8) is 0 Å². The molecule has 5 heteroatoms. The van der Waals surface area contributed by atoms with Crippen LogP contribution in [0.15, 0.2) is 65.8 Å². The number of hydrogen-bond acceptors (Lipinski definition) is 3. The van der Waals surface area contributed by atoms with Crippen LogP contribution in [-0.4, -0.2) is 26.0 Å². The quantitative estimate of drug-likeness (QED) is 0.279. The lowest BCUT2D eigenvalue weighted by Crippen LogP contribution is -2.66. The van der Waals surface area contributed by atoms with Gasteiger partial charge in [-0.15, -0.1) is 0 Å². The summed E-state index contributed by atoms with van der Waals surface area (Å²) in [6, 6.07) is 20.8. The summed E-state index contributed by atoms with van der Waals surface area (Å²) >= 11 is 0. The molecule has 2 aromatic rings. The van der Waals surface area contributed by atoms with E-state index in [0.29, 0.717) is 13.0 Å². The van der Waals surface area contributed by atoms with Crippen LogP contribution in [0.4, 0.5) is 0 Å². The number of nitrogens with zero attached hydrogens (tertiary/aromatic N) is 1. The molecule has 0 unspecified atom stereocenters. The third kappa shape index (κ3) is 3.68. The first kappa shape index (κ1) is 18.2. The van der Waals surface area contributed by atoms with Crippen molar-refractivity contribution in [2.75, 3.05) is 6.61 Å². The Morgan fingerprint density at radius 3 is 1.83 bits per heavy atom. The molecule has 0 amide bonds. The molecule has 0 aromatic heterocycles. The van der Waals surface area contributed by atoms with Gasteiger partial charge in [-0.2, -0.15) is 0 Å². The third-order valence-corrected chi connectivity index (χ3v) is 9.26. The second kappa shape index (κ2) is 7.64. The van der Waals surface area contributed by atoms with Gasteiger partial charge < -0.3 is 15.4 Å². The third-order valence-electron chi connectivity index (χ3n) is 4.22. The van der Waals surface area contributed by atoms with Crippen LogP contribution in [0.25, 0.3) is 0 Å². The Morgan fingerprint density at radius 2 is 1.46 bits per heavy atom. The molecule has 3 N–H and O–H groups in total. The minimum Gasteiger partial charge on any atom is -0.409 e. The van der Waals surface area contributed by atoms with Crippen LogP contribution in [0.2, 0.25) is 5.04 Å². The fourth-order valence-electron chi connectivity index (χ4n) is 3.12. The van der Waals surface area contributed by atoms with E-state index in [-0.39, 0.29) is 10.9 Å². The van der Waals surface area contributed by atoms with Crippen molar-refractivity contribution in [1.29, 1.82) is 0 Å². The van der Waals surface area contributed by atoms with Crippen molar-refractivity contribution in [3.05, 3.63) is 60.7 Å². The van der Waals surface area contributed by atoms with Gasteiger partial charge in [0.2, 0.25) is 0 Å². The lowest BCUT2D eigenvalue weighted by molar-refractivity contribution is 0.296. The topological polar surface area (TPSA) is 67.8 Å². The first-order chi connectivity index (χ1) is 11.4. The highest BCUT2D eigenvalue weighted by atomic mass is 28.4. The number of oxime groups is 1. The summed E-state index contributed by atoms with van der Waals surface area (Å²) in [6.07, 6.45) is 0.404. The van der Waals surface area contributed by atoms with Gasteiger partial charge in [-0.1, -0.05) is 86.6 Å². The Balaban J connectivity index is 2.53. The molecule has 0 radical (unpaired) electrons. The van der Waals surface area contributed by atoms with E-state index in [2.05, 4.69) is 74.5 Å². The van der Waals surface area contributed by atoms with Crippen molar-refractivity contribution in [2.24, 2.45) is 10.9 Å². The van der Waals surface area contributed by atoms with E-state index in [1.54, 1.807) is 0 Å². The summed E-state index contributed by atoms with van der Waals surface area (Å²) in [7, 11) is -2.52. The highest BCUT2D eigenvalue weighted by molar-refractivity contribution is 6.99. The maximum Gasteiger partial charge on any atom is 0.261 e. The van der Waals surface area contributed by atoms with E-state index in [1.165, 1.54) is 10.4 Å². The van der Waals surface area contributed by atoms with Crippen molar-refractivity contribution >= 4 is 24.5 Å². The first-order valence-corrected chi connectivity index (χ1v) is 10.0. The molecule has 4 nitrogen and oxygen atoms in total. The van der Waals surface area contributed by atoms with Crippen molar-refractivity contribution < 1.29 is 9.63 Å². The molecule has 0 aliphatic rings. The molecule has 0 saturated heterocycles. The highest BCUT2D eigenvalue weighted by Crippen LogP contribution is 2.36. The zero-order chi connectivity index (χ0) is 17.6. The standard InChI is InChI=1S/C19H26N2O2Si/c1-19(2,3)24(16-10-6-4-7-11-16,17-12-8-5-9-13-17)23-15-14-18(20)21-22/h4-13,22H,14-15H2,1-3H3,(H2,20,21). The number of nitrogens with two attached hydrogens (primary N) is 1. The average molecular weight is 343 g/mol. The minimum absolute atomic E-state index is 0.0686. The van der Waals surface area contributed by atoms with Gasteiger partial charge >= 0.3 is 0 Å². The molecular formula is C19H26N2O2Si. The lowest BCUT2D eigenvalue weighted by atomic mass is 10.2. The molecule has 0 saturated carbocycles. The molecule has 0 aliphatic heterocycles. The van der Waals surface area contributed by atoms with Crippen molar-refractivity contribution in [1.82, 2.24) is 0 Å². The normalized spacial score (nSPS) is 13.0. The fourth-order valence-corrected chi connectivity index (χ4v) is 7.68. The van der Waals surface area contributed by atoms with E-state index in [1.807, 2.05) is 12.1 Å². The maximum atomic E-state index is 8.78. The summed E-state index contributed by atoms with van der Waals surface area (Å²) in [5.74, 6) is 0.188. The van der Waals surface area contributed by atoms with Crippen molar-refractivity contribution in [3.8, 4) is 0 Å². The van der Waals surface area contributed by atoms with Crippen LogP contribution < -0.4 is 16.1 Å². The molecule has 24 heavy (non-hydrogen) atoms. The highest BCUT2D eigenvalue weighted by Gasteiger charge is 2.49. The molecule has 0 bridgehead atoms.